The van der Waals surface area contributed by atoms with Gasteiger partial charge >= 0.3 is 0 Å². The van der Waals surface area contributed by atoms with Crippen molar-refractivity contribution in [1.82, 2.24) is 0 Å². The maximum Gasteiger partial charge on any atom is 0.0393 e. The zero-order valence-electron chi connectivity index (χ0n) is 16.0. The summed E-state index contributed by atoms with van der Waals surface area (Å²) in [4.78, 5) is 0. The van der Waals surface area contributed by atoms with Gasteiger partial charge in [0.15, 0.2) is 0 Å². The molecule has 1 heteroatoms. The Balaban J connectivity index is 1.88. The Morgan fingerprint density at radius 2 is 0.966 bits per heavy atom. The second-order valence-electron chi connectivity index (χ2n) is 7.21. The van der Waals surface area contributed by atoms with Crippen molar-refractivity contribution in [2.75, 3.05) is 5.73 Å². The third-order valence-corrected chi connectivity index (χ3v) is 5.46. The zero-order valence-corrected chi connectivity index (χ0v) is 16.0. The molecule has 2 N–H and O–H groups in total. The molecule has 0 saturated carbocycles. The number of fused-ring (bicyclic) bond motifs is 1. The van der Waals surface area contributed by atoms with Gasteiger partial charge in [-0.2, -0.15) is 0 Å². The molecule has 5 rings (SSSR count). The molecule has 0 bridgehead atoms. The molecule has 0 aliphatic rings. The van der Waals surface area contributed by atoms with Crippen LogP contribution in [0.3, 0.4) is 0 Å². The number of hydrogen-bond donors (Lipinski definition) is 1. The molecule has 0 fully saturated rings. The van der Waals surface area contributed by atoms with Gasteiger partial charge in [0.25, 0.3) is 0 Å². The Hall–Kier alpha value is -3.84. The van der Waals surface area contributed by atoms with Crippen LogP contribution in [-0.2, 0) is 0 Å². The van der Waals surface area contributed by atoms with E-state index in [1.165, 1.54) is 33.0 Å². The van der Waals surface area contributed by atoms with Crippen LogP contribution in [0.5, 0.6) is 0 Å². The standard InChI is InChI=1S/C28H21N/c29-27-19-7-6-15-24(27)26-18-9-17-25(28(26)21-11-2-1-3-12-21)23-16-8-13-20-10-4-5-14-22(20)23/h1-19H,29H2. The number of hydrogen-bond acceptors (Lipinski definition) is 1. The molecule has 0 aliphatic heterocycles. The van der Waals surface area contributed by atoms with Gasteiger partial charge in [0.05, 0.1) is 0 Å². The largest absolute Gasteiger partial charge is 0.398 e. The van der Waals surface area contributed by atoms with E-state index in [2.05, 4.69) is 97.1 Å². The summed E-state index contributed by atoms with van der Waals surface area (Å²) in [5, 5.41) is 2.50. The van der Waals surface area contributed by atoms with Crippen LogP contribution in [0.25, 0.3) is 44.2 Å². The predicted octanol–water partition coefficient (Wildman–Crippen LogP) is 7.42. The monoisotopic (exact) mass is 371 g/mol. The number of rotatable bonds is 3. The maximum absolute atomic E-state index is 6.38. The first-order chi connectivity index (χ1) is 14.3. The van der Waals surface area contributed by atoms with Gasteiger partial charge < -0.3 is 5.73 Å². The molecule has 0 heterocycles. The molecule has 0 radical (unpaired) electrons. The molecule has 0 aliphatic carbocycles. The summed E-state index contributed by atoms with van der Waals surface area (Å²) in [5.74, 6) is 0. The Morgan fingerprint density at radius 3 is 1.79 bits per heavy atom. The van der Waals surface area contributed by atoms with Gasteiger partial charge in [-0.1, -0.05) is 109 Å². The molecular weight excluding hydrogens is 350 g/mol. The minimum atomic E-state index is 0.791. The van der Waals surface area contributed by atoms with E-state index in [1.807, 2.05) is 18.2 Å². The molecule has 0 saturated heterocycles. The first kappa shape index (κ1) is 17.3. The number of anilines is 1. The lowest BCUT2D eigenvalue weighted by molar-refractivity contribution is 1.56. The first-order valence-corrected chi connectivity index (χ1v) is 9.84. The van der Waals surface area contributed by atoms with E-state index < -0.39 is 0 Å². The van der Waals surface area contributed by atoms with Gasteiger partial charge in [-0.05, 0) is 44.7 Å². The molecule has 29 heavy (non-hydrogen) atoms. The van der Waals surface area contributed by atoms with Crippen LogP contribution < -0.4 is 5.73 Å². The quantitative estimate of drug-likeness (QED) is 0.328. The van der Waals surface area contributed by atoms with Gasteiger partial charge in [-0.3, -0.25) is 0 Å². The van der Waals surface area contributed by atoms with E-state index in [-0.39, 0.29) is 0 Å². The van der Waals surface area contributed by atoms with Crippen molar-refractivity contribution in [2.45, 2.75) is 0 Å². The van der Waals surface area contributed by atoms with Crippen LogP contribution >= 0.6 is 0 Å². The van der Waals surface area contributed by atoms with Crippen molar-refractivity contribution in [1.29, 1.82) is 0 Å². The van der Waals surface area contributed by atoms with Gasteiger partial charge in [0, 0.05) is 11.3 Å². The van der Waals surface area contributed by atoms with Gasteiger partial charge in [-0.25, -0.2) is 0 Å². The van der Waals surface area contributed by atoms with Crippen molar-refractivity contribution in [3.8, 4) is 33.4 Å². The van der Waals surface area contributed by atoms with Gasteiger partial charge in [-0.15, -0.1) is 0 Å². The third kappa shape index (κ3) is 3.07. The molecule has 0 spiro atoms. The SMILES string of the molecule is Nc1ccccc1-c1cccc(-c2cccc3ccccc23)c1-c1ccccc1. The fourth-order valence-corrected chi connectivity index (χ4v) is 4.12. The summed E-state index contributed by atoms with van der Waals surface area (Å²) >= 11 is 0. The third-order valence-electron chi connectivity index (χ3n) is 5.46. The Labute approximate surface area is 171 Å². The molecule has 5 aromatic carbocycles. The van der Waals surface area contributed by atoms with Crippen molar-refractivity contribution in [2.24, 2.45) is 0 Å². The minimum absolute atomic E-state index is 0.791. The highest BCUT2D eigenvalue weighted by atomic mass is 14.6. The second kappa shape index (κ2) is 7.29. The molecule has 5 aromatic rings. The summed E-state index contributed by atoms with van der Waals surface area (Å²) in [5.41, 5.74) is 14.2. The summed E-state index contributed by atoms with van der Waals surface area (Å²) in [6, 6.07) is 40.3. The lowest BCUT2D eigenvalue weighted by atomic mass is 9.86. The lowest BCUT2D eigenvalue weighted by Crippen LogP contribution is -1.94. The van der Waals surface area contributed by atoms with Crippen LogP contribution in [0.2, 0.25) is 0 Å². The van der Waals surface area contributed by atoms with Crippen LogP contribution in [0.4, 0.5) is 5.69 Å². The fourth-order valence-electron chi connectivity index (χ4n) is 4.12. The minimum Gasteiger partial charge on any atom is -0.398 e. The molecule has 0 amide bonds. The molecule has 0 unspecified atom stereocenters. The summed E-state index contributed by atoms with van der Waals surface area (Å²) in [6.45, 7) is 0. The Bertz CT molecular complexity index is 1300. The van der Waals surface area contributed by atoms with Crippen molar-refractivity contribution in [3.05, 3.63) is 115 Å². The lowest BCUT2D eigenvalue weighted by Gasteiger charge is -2.18. The number of nitrogens with two attached hydrogens (primary N) is 1. The van der Waals surface area contributed by atoms with Crippen LogP contribution in [-0.4, -0.2) is 0 Å². The average molecular weight is 371 g/mol. The number of nitrogen functional groups attached to an aromatic ring is 1. The first-order valence-electron chi connectivity index (χ1n) is 9.84. The normalized spacial score (nSPS) is 10.9. The van der Waals surface area contributed by atoms with Crippen LogP contribution in [0, 0.1) is 0 Å². The average Bonchev–Trinajstić information content (AvgIpc) is 2.79. The van der Waals surface area contributed by atoms with Crippen molar-refractivity contribution < 1.29 is 0 Å². The summed E-state index contributed by atoms with van der Waals surface area (Å²) in [7, 11) is 0. The maximum atomic E-state index is 6.38. The molecule has 1 nitrogen and oxygen atoms in total. The van der Waals surface area contributed by atoms with E-state index in [1.54, 1.807) is 0 Å². The summed E-state index contributed by atoms with van der Waals surface area (Å²) < 4.78 is 0. The highest BCUT2D eigenvalue weighted by Gasteiger charge is 2.16. The number of para-hydroxylation sites is 1. The van der Waals surface area contributed by atoms with E-state index >= 15 is 0 Å². The number of benzene rings is 5. The molecule has 0 atom stereocenters. The van der Waals surface area contributed by atoms with Gasteiger partial charge in [0.1, 0.15) is 0 Å². The molecule has 0 aromatic heterocycles. The van der Waals surface area contributed by atoms with Crippen LogP contribution in [0.1, 0.15) is 0 Å². The summed E-state index contributed by atoms with van der Waals surface area (Å²) in [6.07, 6.45) is 0. The second-order valence-corrected chi connectivity index (χ2v) is 7.21. The highest BCUT2D eigenvalue weighted by molar-refractivity contribution is 6.04. The molecule has 138 valence electrons. The van der Waals surface area contributed by atoms with E-state index in [0.717, 1.165) is 16.8 Å². The zero-order chi connectivity index (χ0) is 19.6. The smallest absolute Gasteiger partial charge is 0.0393 e. The molecular formula is C28H21N. The van der Waals surface area contributed by atoms with Gasteiger partial charge in [0.2, 0.25) is 0 Å². The van der Waals surface area contributed by atoms with Crippen molar-refractivity contribution in [3.63, 3.8) is 0 Å². The van der Waals surface area contributed by atoms with Crippen molar-refractivity contribution >= 4 is 16.5 Å². The predicted molar refractivity (Wildman–Crippen MR) is 125 cm³/mol. The topological polar surface area (TPSA) is 26.0 Å². The van der Waals surface area contributed by atoms with E-state index in [9.17, 15) is 0 Å². The van der Waals surface area contributed by atoms with E-state index in [4.69, 9.17) is 5.73 Å². The van der Waals surface area contributed by atoms with E-state index in [0.29, 0.717) is 0 Å². The van der Waals surface area contributed by atoms with Crippen LogP contribution in [0.15, 0.2) is 115 Å². The Morgan fingerprint density at radius 1 is 0.414 bits per heavy atom. The Kier molecular flexibility index (Phi) is 4.34. The fraction of sp³-hybridized carbons (Fsp3) is 0. The highest BCUT2D eigenvalue weighted by Crippen LogP contribution is 2.43.